The van der Waals surface area contributed by atoms with Crippen LogP contribution in [-0.2, 0) is 4.74 Å². The van der Waals surface area contributed by atoms with Gasteiger partial charge in [-0.15, -0.1) is 0 Å². The summed E-state index contributed by atoms with van der Waals surface area (Å²) in [5.41, 5.74) is 0.958. The van der Waals surface area contributed by atoms with Gasteiger partial charge in [-0.1, -0.05) is 0 Å². The maximum atomic E-state index is 12.9. The Labute approximate surface area is 140 Å². The third-order valence-corrected chi connectivity index (χ3v) is 3.85. The van der Waals surface area contributed by atoms with Gasteiger partial charge in [0.2, 0.25) is 0 Å². The molecule has 8 heteroatoms. The summed E-state index contributed by atoms with van der Waals surface area (Å²) in [5.74, 6) is 0.471. The van der Waals surface area contributed by atoms with Gasteiger partial charge in [0.15, 0.2) is 0 Å². The highest BCUT2D eigenvalue weighted by atomic mass is 16.5. The summed E-state index contributed by atoms with van der Waals surface area (Å²) in [4.78, 5) is 24.9. The van der Waals surface area contributed by atoms with Crippen LogP contribution in [-0.4, -0.2) is 59.4 Å². The average Bonchev–Trinajstić information content (AvgIpc) is 3.13. The highest BCUT2D eigenvalue weighted by Crippen LogP contribution is 2.20. The summed E-state index contributed by atoms with van der Waals surface area (Å²) >= 11 is 0. The molecule has 2 aromatic rings. The van der Waals surface area contributed by atoms with Gasteiger partial charge >= 0.3 is 0 Å². The van der Waals surface area contributed by atoms with Gasteiger partial charge in [-0.3, -0.25) is 4.79 Å². The minimum atomic E-state index is -0.226. The lowest BCUT2D eigenvalue weighted by Gasteiger charge is -2.24. The molecule has 1 atom stereocenters. The highest BCUT2D eigenvalue weighted by molar-refractivity contribution is 6.04. The van der Waals surface area contributed by atoms with Gasteiger partial charge in [0.25, 0.3) is 5.91 Å². The number of carbonyl (C=O) groups excluding carboxylic acids is 1. The first-order chi connectivity index (χ1) is 11.6. The summed E-state index contributed by atoms with van der Waals surface area (Å²) in [6, 6.07) is 1.75. The van der Waals surface area contributed by atoms with Crippen LogP contribution in [0.15, 0.2) is 30.9 Å². The average molecular weight is 328 g/mol. The van der Waals surface area contributed by atoms with Crippen molar-refractivity contribution in [2.45, 2.75) is 18.9 Å². The van der Waals surface area contributed by atoms with Gasteiger partial charge in [0.1, 0.15) is 11.5 Å². The van der Waals surface area contributed by atoms with E-state index in [2.05, 4.69) is 20.2 Å². The predicted molar refractivity (Wildman–Crippen MR) is 89.0 cm³/mol. The van der Waals surface area contributed by atoms with Gasteiger partial charge < -0.3 is 14.5 Å². The summed E-state index contributed by atoms with van der Waals surface area (Å²) in [6.45, 7) is 1.19. The molecule has 24 heavy (non-hydrogen) atoms. The molecule has 0 aliphatic carbocycles. The molecule has 0 saturated carbocycles. The number of aromatic nitrogens is 4. The maximum absolute atomic E-state index is 12.9. The van der Waals surface area contributed by atoms with Crippen molar-refractivity contribution in [2.75, 3.05) is 37.0 Å². The molecule has 1 aliphatic rings. The lowest BCUT2D eigenvalue weighted by Crippen LogP contribution is -2.38. The van der Waals surface area contributed by atoms with Crippen LogP contribution in [0.4, 0.5) is 11.5 Å². The van der Waals surface area contributed by atoms with Crippen molar-refractivity contribution in [1.82, 2.24) is 20.2 Å². The molecule has 0 N–H and O–H groups in total. The first kappa shape index (κ1) is 16.3. The molecule has 1 amide bonds. The normalized spacial score (nSPS) is 16.8. The third-order valence-electron chi connectivity index (χ3n) is 3.85. The first-order valence-electron chi connectivity index (χ1n) is 7.84. The number of nitrogens with zero attached hydrogens (tertiary/aromatic N) is 6. The largest absolute Gasteiger partial charge is 0.376 e. The second-order valence-corrected chi connectivity index (χ2v) is 5.81. The van der Waals surface area contributed by atoms with E-state index in [0.29, 0.717) is 18.1 Å². The maximum Gasteiger partial charge on any atom is 0.278 e. The Kier molecular flexibility index (Phi) is 4.95. The van der Waals surface area contributed by atoms with E-state index in [1.54, 1.807) is 29.6 Å². The van der Waals surface area contributed by atoms with E-state index in [1.165, 1.54) is 6.20 Å². The number of hydrogen-bond acceptors (Lipinski definition) is 7. The molecule has 0 aromatic carbocycles. The van der Waals surface area contributed by atoms with Crippen molar-refractivity contribution >= 4 is 17.4 Å². The fourth-order valence-corrected chi connectivity index (χ4v) is 2.54. The minimum Gasteiger partial charge on any atom is -0.376 e. The molecule has 1 unspecified atom stereocenters. The SMILES string of the molecule is CN(C)c1cnc(C(=O)N(CC2CCCO2)c2ccnnc2)cn1. The molecule has 0 spiro atoms. The molecule has 8 nitrogen and oxygen atoms in total. The van der Waals surface area contributed by atoms with E-state index in [9.17, 15) is 4.79 Å². The second kappa shape index (κ2) is 7.31. The zero-order chi connectivity index (χ0) is 16.9. The van der Waals surface area contributed by atoms with Crippen LogP contribution in [0.2, 0.25) is 0 Å². The van der Waals surface area contributed by atoms with Crippen molar-refractivity contribution in [3.63, 3.8) is 0 Å². The van der Waals surface area contributed by atoms with Crippen molar-refractivity contribution in [2.24, 2.45) is 0 Å². The number of rotatable bonds is 5. The molecule has 0 radical (unpaired) electrons. The lowest BCUT2D eigenvalue weighted by atomic mass is 10.2. The van der Waals surface area contributed by atoms with E-state index in [1.807, 2.05) is 19.0 Å². The minimum absolute atomic E-state index is 0.0242. The molecule has 0 bridgehead atoms. The van der Waals surface area contributed by atoms with Crippen LogP contribution < -0.4 is 9.80 Å². The van der Waals surface area contributed by atoms with Gasteiger partial charge in [-0.05, 0) is 18.9 Å². The fourth-order valence-electron chi connectivity index (χ4n) is 2.54. The Morgan fingerprint density at radius 1 is 1.25 bits per heavy atom. The molecular formula is C16H20N6O2. The van der Waals surface area contributed by atoms with Crippen LogP contribution in [0, 0.1) is 0 Å². The Bertz CT molecular complexity index is 671. The molecule has 3 heterocycles. The molecule has 126 valence electrons. The van der Waals surface area contributed by atoms with Crippen LogP contribution in [0.5, 0.6) is 0 Å². The summed E-state index contributed by atoms with van der Waals surface area (Å²) in [5, 5.41) is 7.64. The Morgan fingerprint density at radius 2 is 2.12 bits per heavy atom. The van der Waals surface area contributed by atoms with Crippen molar-refractivity contribution in [1.29, 1.82) is 0 Å². The lowest BCUT2D eigenvalue weighted by molar-refractivity contribution is 0.0913. The van der Waals surface area contributed by atoms with E-state index >= 15 is 0 Å². The molecule has 1 fully saturated rings. The number of hydrogen-bond donors (Lipinski definition) is 0. The predicted octanol–water partition coefficient (Wildman–Crippen LogP) is 1.16. The van der Waals surface area contributed by atoms with Crippen molar-refractivity contribution in [3.05, 3.63) is 36.5 Å². The zero-order valence-corrected chi connectivity index (χ0v) is 13.8. The molecule has 3 rings (SSSR count). The van der Waals surface area contributed by atoms with Gasteiger partial charge in [0.05, 0.1) is 43.1 Å². The molecular weight excluding hydrogens is 308 g/mol. The molecule has 1 aliphatic heterocycles. The Morgan fingerprint density at radius 3 is 2.71 bits per heavy atom. The van der Waals surface area contributed by atoms with E-state index < -0.39 is 0 Å². The van der Waals surface area contributed by atoms with Crippen molar-refractivity contribution < 1.29 is 9.53 Å². The fraction of sp³-hybridized carbons (Fsp3) is 0.438. The second-order valence-electron chi connectivity index (χ2n) is 5.81. The zero-order valence-electron chi connectivity index (χ0n) is 13.8. The number of ether oxygens (including phenoxy) is 1. The standard InChI is InChI=1S/C16H20N6O2/c1-21(2)15-10-17-14(9-18-15)16(23)22(11-13-4-3-7-24-13)12-5-6-19-20-8-12/h5-6,8-10,13H,3-4,7,11H2,1-2H3. The van der Waals surface area contributed by atoms with Crippen LogP contribution in [0.25, 0.3) is 0 Å². The smallest absolute Gasteiger partial charge is 0.278 e. The van der Waals surface area contributed by atoms with Gasteiger partial charge in [-0.2, -0.15) is 10.2 Å². The topological polar surface area (TPSA) is 84.3 Å². The van der Waals surface area contributed by atoms with Crippen LogP contribution >= 0.6 is 0 Å². The summed E-state index contributed by atoms with van der Waals surface area (Å²) < 4.78 is 5.67. The summed E-state index contributed by atoms with van der Waals surface area (Å²) in [7, 11) is 3.75. The highest BCUT2D eigenvalue weighted by Gasteiger charge is 2.26. The quantitative estimate of drug-likeness (QED) is 0.814. The molecule has 2 aromatic heterocycles. The number of carbonyl (C=O) groups is 1. The molecule has 1 saturated heterocycles. The third kappa shape index (κ3) is 3.65. The first-order valence-corrected chi connectivity index (χ1v) is 7.84. The van der Waals surface area contributed by atoms with E-state index in [0.717, 1.165) is 19.4 Å². The van der Waals surface area contributed by atoms with Crippen molar-refractivity contribution in [3.8, 4) is 0 Å². The van der Waals surface area contributed by atoms with Gasteiger partial charge in [0, 0.05) is 20.7 Å². The van der Waals surface area contributed by atoms with Crippen LogP contribution in [0.3, 0.4) is 0 Å². The number of anilines is 2. The van der Waals surface area contributed by atoms with E-state index in [-0.39, 0.29) is 17.7 Å². The monoisotopic (exact) mass is 328 g/mol. The van der Waals surface area contributed by atoms with Gasteiger partial charge in [-0.25, -0.2) is 9.97 Å². The Hall–Kier alpha value is -2.61. The number of amides is 1. The Balaban J connectivity index is 1.84. The van der Waals surface area contributed by atoms with E-state index in [4.69, 9.17) is 4.74 Å². The van der Waals surface area contributed by atoms with Crippen LogP contribution in [0.1, 0.15) is 23.3 Å². The summed E-state index contributed by atoms with van der Waals surface area (Å²) in [6.07, 6.45) is 8.18.